The van der Waals surface area contributed by atoms with Gasteiger partial charge in [-0.1, -0.05) is 13.3 Å². The lowest BCUT2D eigenvalue weighted by Gasteiger charge is -2.13. The molecule has 1 unspecified atom stereocenters. The Morgan fingerprint density at radius 3 is 2.71 bits per heavy atom. The van der Waals surface area contributed by atoms with E-state index in [2.05, 4.69) is 12.2 Å². The van der Waals surface area contributed by atoms with Crippen LogP contribution >= 0.6 is 11.6 Å². The second kappa shape index (κ2) is 11.3. The first-order chi connectivity index (χ1) is 6.85. The van der Waals surface area contributed by atoms with E-state index in [4.69, 9.17) is 16.3 Å². The Labute approximate surface area is 93.4 Å². The topological polar surface area (TPSA) is 21.3 Å². The first-order valence-electron chi connectivity index (χ1n) is 5.69. The van der Waals surface area contributed by atoms with Crippen molar-refractivity contribution >= 4 is 11.6 Å². The standard InChI is InChI=1S/C11H24ClNO/c1-3-11(6-7-12)10-13-8-5-9-14-4-2/h11,13H,3-10H2,1-2H3. The quantitative estimate of drug-likeness (QED) is 0.453. The molecule has 0 aliphatic rings. The van der Waals surface area contributed by atoms with Crippen molar-refractivity contribution in [1.29, 1.82) is 0 Å². The number of alkyl halides is 1. The fourth-order valence-electron chi connectivity index (χ4n) is 1.35. The van der Waals surface area contributed by atoms with Crippen LogP contribution in [0.15, 0.2) is 0 Å². The molecule has 0 amide bonds. The zero-order valence-corrected chi connectivity index (χ0v) is 10.3. The molecule has 0 aliphatic carbocycles. The van der Waals surface area contributed by atoms with Crippen molar-refractivity contribution in [3.8, 4) is 0 Å². The van der Waals surface area contributed by atoms with Crippen LogP contribution in [0.25, 0.3) is 0 Å². The molecular formula is C11H24ClNO. The Kier molecular flexibility index (Phi) is 11.5. The molecule has 0 saturated carbocycles. The van der Waals surface area contributed by atoms with Crippen LogP contribution in [0.2, 0.25) is 0 Å². The highest BCUT2D eigenvalue weighted by molar-refractivity contribution is 6.17. The van der Waals surface area contributed by atoms with Crippen molar-refractivity contribution in [3.63, 3.8) is 0 Å². The lowest BCUT2D eigenvalue weighted by atomic mass is 10.0. The third-order valence-electron chi connectivity index (χ3n) is 2.37. The minimum atomic E-state index is 0.736. The van der Waals surface area contributed by atoms with Gasteiger partial charge < -0.3 is 10.1 Å². The maximum Gasteiger partial charge on any atom is 0.0477 e. The predicted octanol–water partition coefficient (Wildman–Crippen LogP) is 2.66. The summed E-state index contributed by atoms with van der Waals surface area (Å²) in [6.07, 6.45) is 3.44. The average molecular weight is 222 g/mol. The maximum absolute atomic E-state index is 5.71. The summed E-state index contributed by atoms with van der Waals surface area (Å²) < 4.78 is 5.25. The monoisotopic (exact) mass is 221 g/mol. The molecule has 0 heterocycles. The molecule has 3 heteroatoms. The van der Waals surface area contributed by atoms with Gasteiger partial charge >= 0.3 is 0 Å². The van der Waals surface area contributed by atoms with Crippen LogP contribution in [-0.2, 0) is 4.74 Å². The summed E-state index contributed by atoms with van der Waals surface area (Å²) in [7, 11) is 0. The van der Waals surface area contributed by atoms with E-state index in [0.717, 1.165) is 50.9 Å². The Morgan fingerprint density at radius 1 is 1.36 bits per heavy atom. The van der Waals surface area contributed by atoms with Crippen molar-refractivity contribution in [3.05, 3.63) is 0 Å². The van der Waals surface area contributed by atoms with Crippen LogP contribution in [0, 0.1) is 5.92 Å². The molecule has 2 nitrogen and oxygen atoms in total. The summed E-state index contributed by atoms with van der Waals surface area (Å²) in [4.78, 5) is 0. The number of ether oxygens (including phenoxy) is 1. The molecule has 0 aliphatic heterocycles. The van der Waals surface area contributed by atoms with Gasteiger partial charge in [0.15, 0.2) is 0 Å². The molecule has 0 bridgehead atoms. The summed E-state index contributed by atoms with van der Waals surface area (Å²) in [6.45, 7) is 8.09. The summed E-state index contributed by atoms with van der Waals surface area (Å²) in [5, 5.41) is 3.44. The van der Waals surface area contributed by atoms with Gasteiger partial charge in [-0.05, 0) is 38.8 Å². The molecule has 0 rings (SSSR count). The van der Waals surface area contributed by atoms with Gasteiger partial charge in [0.2, 0.25) is 0 Å². The number of nitrogens with one attached hydrogen (secondary N) is 1. The maximum atomic E-state index is 5.71. The second-order valence-electron chi connectivity index (χ2n) is 3.51. The Bertz CT molecular complexity index is 111. The minimum absolute atomic E-state index is 0.736. The summed E-state index contributed by atoms with van der Waals surface area (Å²) in [5.41, 5.74) is 0. The van der Waals surface area contributed by atoms with Gasteiger partial charge in [0.05, 0.1) is 0 Å². The summed E-state index contributed by atoms with van der Waals surface area (Å²) in [6, 6.07) is 0. The zero-order chi connectivity index (χ0) is 10.6. The molecule has 0 aromatic rings. The number of halogens is 1. The van der Waals surface area contributed by atoms with Crippen LogP contribution in [-0.4, -0.2) is 32.2 Å². The zero-order valence-electron chi connectivity index (χ0n) is 9.52. The van der Waals surface area contributed by atoms with Gasteiger partial charge in [-0.3, -0.25) is 0 Å². The largest absolute Gasteiger partial charge is 0.382 e. The number of hydrogen-bond donors (Lipinski definition) is 1. The van der Waals surface area contributed by atoms with Crippen molar-refractivity contribution in [2.75, 3.05) is 32.2 Å². The normalized spacial score (nSPS) is 13.1. The molecule has 0 radical (unpaired) electrons. The molecule has 0 saturated heterocycles. The number of hydrogen-bond acceptors (Lipinski definition) is 2. The first-order valence-corrected chi connectivity index (χ1v) is 6.23. The van der Waals surface area contributed by atoms with E-state index in [0.29, 0.717) is 0 Å². The molecule has 0 fully saturated rings. The first kappa shape index (κ1) is 14.2. The molecule has 0 spiro atoms. The van der Waals surface area contributed by atoms with Crippen LogP contribution in [0.5, 0.6) is 0 Å². The van der Waals surface area contributed by atoms with Crippen molar-refractivity contribution in [1.82, 2.24) is 5.32 Å². The smallest absolute Gasteiger partial charge is 0.0477 e. The highest BCUT2D eigenvalue weighted by Gasteiger charge is 2.03. The Morgan fingerprint density at radius 2 is 2.14 bits per heavy atom. The number of rotatable bonds is 10. The van der Waals surface area contributed by atoms with Gasteiger partial charge in [-0.15, -0.1) is 11.6 Å². The van der Waals surface area contributed by atoms with Crippen molar-refractivity contribution in [2.24, 2.45) is 5.92 Å². The van der Waals surface area contributed by atoms with Crippen LogP contribution in [0.4, 0.5) is 0 Å². The summed E-state index contributed by atoms with van der Waals surface area (Å²) in [5.74, 6) is 1.51. The van der Waals surface area contributed by atoms with Crippen molar-refractivity contribution in [2.45, 2.75) is 33.1 Å². The minimum Gasteiger partial charge on any atom is -0.382 e. The Balaban J connectivity index is 3.15. The van der Waals surface area contributed by atoms with Gasteiger partial charge in [0.1, 0.15) is 0 Å². The highest BCUT2D eigenvalue weighted by Crippen LogP contribution is 2.07. The van der Waals surface area contributed by atoms with E-state index in [1.807, 2.05) is 6.92 Å². The molecule has 1 N–H and O–H groups in total. The van der Waals surface area contributed by atoms with Gasteiger partial charge in [-0.25, -0.2) is 0 Å². The third-order valence-corrected chi connectivity index (χ3v) is 2.59. The third kappa shape index (κ3) is 8.79. The SMILES string of the molecule is CCOCCCNCC(CC)CCCl. The Hall–Kier alpha value is 0.210. The van der Waals surface area contributed by atoms with Gasteiger partial charge in [0.25, 0.3) is 0 Å². The van der Waals surface area contributed by atoms with Crippen LogP contribution in [0.3, 0.4) is 0 Å². The highest BCUT2D eigenvalue weighted by atomic mass is 35.5. The lowest BCUT2D eigenvalue weighted by Crippen LogP contribution is -2.24. The molecule has 1 atom stereocenters. The van der Waals surface area contributed by atoms with Crippen molar-refractivity contribution < 1.29 is 4.74 Å². The van der Waals surface area contributed by atoms with E-state index in [1.165, 1.54) is 6.42 Å². The fourth-order valence-corrected chi connectivity index (χ4v) is 1.66. The second-order valence-corrected chi connectivity index (χ2v) is 3.88. The van der Waals surface area contributed by atoms with Gasteiger partial charge in [0, 0.05) is 19.1 Å². The van der Waals surface area contributed by atoms with Gasteiger partial charge in [-0.2, -0.15) is 0 Å². The fraction of sp³-hybridized carbons (Fsp3) is 1.00. The summed E-state index contributed by atoms with van der Waals surface area (Å²) >= 11 is 5.71. The van der Waals surface area contributed by atoms with E-state index in [1.54, 1.807) is 0 Å². The van der Waals surface area contributed by atoms with Crippen LogP contribution in [0.1, 0.15) is 33.1 Å². The average Bonchev–Trinajstić information content (AvgIpc) is 2.21. The molecule has 14 heavy (non-hydrogen) atoms. The molecule has 0 aromatic heterocycles. The van der Waals surface area contributed by atoms with E-state index in [9.17, 15) is 0 Å². The predicted molar refractivity (Wildman–Crippen MR) is 63.1 cm³/mol. The molecule has 0 aromatic carbocycles. The van der Waals surface area contributed by atoms with E-state index >= 15 is 0 Å². The van der Waals surface area contributed by atoms with Crippen LogP contribution < -0.4 is 5.32 Å². The molecular weight excluding hydrogens is 198 g/mol. The van der Waals surface area contributed by atoms with E-state index < -0.39 is 0 Å². The lowest BCUT2D eigenvalue weighted by molar-refractivity contribution is 0.144. The molecule has 86 valence electrons. The van der Waals surface area contributed by atoms with E-state index in [-0.39, 0.29) is 0 Å².